The van der Waals surface area contributed by atoms with E-state index in [2.05, 4.69) is 19.9 Å². The number of aryl methyl sites for hydroxylation is 2. The molecule has 1 saturated carbocycles. The van der Waals surface area contributed by atoms with Crippen LogP contribution in [0.1, 0.15) is 47.8 Å². The van der Waals surface area contributed by atoms with Crippen LogP contribution in [0.3, 0.4) is 0 Å². The van der Waals surface area contributed by atoms with Crippen LogP contribution in [0, 0.1) is 26.6 Å². The fourth-order valence-electron chi connectivity index (χ4n) is 3.32. The largest absolute Gasteiger partial charge is 0.435 e. The molecule has 3 aromatic rings. The summed E-state index contributed by atoms with van der Waals surface area (Å²) in [5, 5.41) is 0. The molecular weight excluding hydrogens is 371 g/mol. The lowest BCUT2D eigenvalue weighted by Crippen LogP contribution is -2.12. The Morgan fingerprint density at radius 2 is 1.83 bits per heavy atom. The summed E-state index contributed by atoms with van der Waals surface area (Å²) in [5.74, 6) is 1.29. The Hall–Kier alpha value is -3.13. The lowest BCUT2D eigenvalue weighted by Gasteiger charge is -2.28. The maximum atomic E-state index is 15.6. The first kappa shape index (κ1) is 20.6. The van der Waals surface area contributed by atoms with Gasteiger partial charge in [0.25, 0.3) is 0 Å². The van der Waals surface area contributed by atoms with Crippen LogP contribution in [0.5, 0.6) is 11.6 Å². The molecule has 0 aliphatic heterocycles. The number of anilines is 1. The van der Waals surface area contributed by atoms with Gasteiger partial charge >= 0.3 is 0 Å². The Balaban J connectivity index is 0.00000240. The first-order valence-electron chi connectivity index (χ1n) is 9.34. The number of hydrogen-bond donors (Lipinski definition) is 2. The van der Waals surface area contributed by atoms with Crippen LogP contribution in [0.2, 0.25) is 0 Å². The van der Waals surface area contributed by atoms with Gasteiger partial charge in [-0.2, -0.15) is 4.98 Å². The highest BCUT2D eigenvalue weighted by Gasteiger charge is 2.28. The number of nitrogens with two attached hydrogens (primary N) is 1. The summed E-state index contributed by atoms with van der Waals surface area (Å²) >= 11 is 0. The van der Waals surface area contributed by atoms with Gasteiger partial charge in [0.1, 0.15) is 11.6 Å². The van der Waals surface area contributed by atoms with E-state index in [4.69, 9.17) is 10.5 Å². The third-order valence-electron chi connectivity index (χ3n) is 5.28. The molecule has 7 nitrogen and oxygen atoms in total. The summed E-state index contributed by atoms with van der Waals surface area (Å²) < 4.78 is 21.7. The third-order valence-corrected chi connectivity index (χ3v) is 5.28. The molecule has 1 aliphatic carbocycles. The van der Waals surface area contributed by atoms with Crippen LogP contribution in [0.25, 0.3) is 11.3 Å². The van der Waals surface area contributed by atoms with Gasteiger partial charge in [-0.15, -0.1) is 0 Å². The minimum Gasteiger partial charge on any atom is -0.435 e. The van der Waals surface area contributed by atoms with Crippen LogP contribution in [-0.4, -0.2) is 19.9 Å². The Bertz CT molecular complexity index is 1030. The fraction of sp³-hybridized carbons (Fsp3) is 0.333. The van der Waals surface area contributed by atoms with Crippen molar-refractivity contribution < 1.29 is 9.13 Å². The van der Waals surface area contributed by atoms with Crippen molar-refractivity contribution in [2.45, 2.75) is 46.0 Å². The Kier molecular flexibility index (Phi) is 5.74. The lowest BCUT2D eigenvalue weighted by atomic mass is 9.79. The van der Waals surface area contributed by atoms with Gasteiger partial charge in [0, 0.05) is 22.4 Å². The molecule has 2 aromatic heterocycles. The minimum absolute atomic E-state index is 0. The van der Waals surface area contributed by atoms with Gasteiger partial charge in [0.05, 0.1) is 18.1 Å². The predicted octanol–water partition coefficient (Wildman–Crippen LogP) is 4.80. The molecule has 0 bridgehead atoms. The number of halogens is 1. The first-order chi connectivity index (χ1) is 13.4. The summed E-state index contributed by atoms with van der Waals surface area (Å²) in [7, 11) is 0. The van der Waals surface area contributed by atoms with Crippen LogP contribution < -0.4 is 16.6 Å². The zero-order chi connectivity index (χ0) is 19.8. The summed E-state index contributed by atoms with van der Waals surface area (Å²) in [5.41, 5.74) is 8.81. The molecule has 4 rings (SSSR count). The third kappa shape index (κ3) is 3.88. The maximum absolute atomic E-state index is 15.6. The molecular formula is C21H25FN6O. The Morgan fingerprint density at radius 3 is 2.45 bits per heavy atom. The summed E-state index contributed by atoms with van der Waals surface area (Å²) in [4.78, 5) is 16.9. The average Bonchev–Trinajstić information content (AvgIpc) is 2.61. The van der Waals surface area contributed by atoms with E-state index in [9.17, 15) is 0 Å². The molecule has 0 amide bonds. The van der Waals surface area contributed by atoms with E-state index in [1.807, 2.05) is 19.9 Å². The molecule has 152 valence electrons. The molecule has 0 saturated heterocycles. The standard InChI is InChI=1S/C21H22FN5O.H3N/c1-11-12(2)26-13(3)27-21(11)28-20-15(14-5-4-6-14)7-8-16(19(20)22)17-9-25-18(23)10-24-17;/h7-10,14H,4-6H2,1-3H3,(H2,23,25);1H3. The number of nitrogen functional groups attached to an aromatic ring is 1. The zero-order valence-corrected chi connectivity index (χ0v) is 16.9. The van der Waals surface area contributed by atoms with Crippen molar-refractivity contribution in [1.29, 1.82) is 0 Å². The van der Waals surface area contributed by atoms with Crippen molar-refractivity contribution in [3.63, 3.8) is 0 Å². The van der Waals surface area contributed by atoms with Gasteiger partial charge in [0.2, 0.25) is 5.88 Å². The highest BCUT2D eigenvalue weighted by Crippen LogP contribution is 2.45. The molecule has 5 N–H and O–H groups in total. The van der Waals surface area contributed by atoms with Crippen LogP contribution in [0.4, 0.5) is 10.2 Å². The van der Waals surface area contributed by atoms with E-state index in [1.165, 1.54) is 12.4 Å². The fourth-order valence-corrected chi connectivity index (χ4v) is 3.32. The van der Waals surface area contributed by atoms with Crippen molar-refractivity contribution >= 4 is 5.82 Å². The second kappa shape index (κ2) is 8.08. The smallest absolute Gasteiger partial charge is 0.225 e. The molecule has 1 fully saturated rings. The molecule has 29 heavy (non-hydrogen) atoms. The molecule has 0 spiro atoms. The van der Waals surface area contributed by atoms with Gasteiger partial charge in [-0.25, -0.2) is 14.4 Å². The molecule has 0 unspecified atom stereocenters. The lowest BCUT2D eigenvalue weighted by molar-refractivity contribution is 0.376. The molecule has 0 radical (unpaired) electrons. The topological polar surface area (TPSA) is 122 Å². The SMILES string of the molecule is Cc1nc(C)c(C)c(Oc2c(C3CCC3)ccc(-c3cnc(N)cn3)c2F)n1.N. The number of ether oxygens (including phenoxy) is 1. The summed E-state index contributed by atoms with van der Waals surface area (Å²) in [6.07, 6.45) is 6.07. The van der Waals surface area contributed by atoms with E-state index in [-0.39, 0.29) is 17.7 Å². The molecule has 1 aromatic carbocycles. The van der Waals surface area contributed by atoms with Crippen LogP contribution in [0.15, 0.2) is 24.5 Å². The van der Waals surface area contributed by atoms with Gasteiger partial charge in [-0.05, 0) is 45.6 Å². The predicted molar refractivity (Wildman–Crippen MR) is 110 cm³/mol. The highest BCUT2D eigenvalue weighted by molar-refractivity contribution is 5.64. The molecule has 2 heterocycles. The second-order valence-electron chi connectivity index (χ2n) is 7.19. The Labute approximate surface area is 169 Å². The van der Waals surface area contributed by atoms with Crippen molar-refractivity contribution in [2.75, 3.05) is 5.73 Å². The normalized spacial score (nSPS) is 13.5. The maximum Gasteiger partial charge on any atom is 0.225 e. The summed E-state index contributed by atoms with van der Waals surface area (Å²) in [6.45, 7) is 5.56. The zero-order valence-electron chi connectivity index (χ0n) is 16.9. The van der Waals surface area contributed by atoms with E-state index in [0.29, 0.717) is 28.9 Å². The van der Waals surface area contributed by atoms with Gasteiger partial charge < -0.3 is 16.6 Å². The van der Waals surface area contributed by atoms with Crippen molar-refractivity contribution in [3.05, 3.63) is 53.0 Å². The number of nitrogens with zero attached hydrogens (tertiary/aromatic N) is 4. The quantitative estimate of drug-likeness (QED) is 0.649. The van der Waals surface area contributed by atoms with E-state index in [0.717, 1.165) is 36.1 Å². The van der Waals surface area contributed by atoms with Crippen molar-refractivity contribution in [2.24, 2.45) is 0 Å². The Morgan fingerprint density at radius 1 is 1.07 bits per heavy atom. The highest BCUT2D eigenvalue weighted by atomic mass is 19.1. The number of aromatic nitrogens is 4. The minimum atomic E-state index is -0.461. The average molecular weight is 396 g/mol. The monoisotopic (exact) mass is 396 g/mol. The number of hydrogen-bond acceptors (Lipinski definition) is 7. The van der Waals surface area contributed by atoms with Crippen LogP contribution in [-0.2, 0) is 0 Å². The first-order valence-corrected chi connectivity index (χ1v) is 9.34. The van der Waals surface area contributed by atoms with Crippen molar-refractivity contribution in [3.8, 4) is 22.9 Å². The summed E-state index contributed by atoms with van der Waals surface area (Å²) in [6, 6.07) is 3.66. The van der Waals surface area contributed by atoms with E-state index >= 15 is 4.39 Å². The number of benzene rings is 1. The molecule has 1 aliphatic rings. The van der Waals surface area contributed by atoms with Gasteiger partial charge in [-0.1, -0.05) is 12.5 Å². The second-order valence-corrected chi connectivity index (χ2v) is 7.19. The van der Waals surface area contributed by atoms with E-state index < -0.39 is 5.82 Å². The van der Waals surface area contributed by atoms with Gasteiger partial charge in [-0.3, -0.25) is 4.98 Å². The van der Waals surface area contributed by atoms with Gasteiger partial charge in [0.15, 0.2) is 11.6 Å². The van der Waals surface area contributed by atoms with Crippen molar-refractivity contribution in [1.82, 2.24) is 26.1 Å². The van der Waals surface area contributed by atoms with Crippen LogP contribution >= 0.6 is 0 Å². The number of rotatable bonds is 4. The van der Waals surface area contributed by atoms with E-state index in [1.54, 1.807) is 13.0 Å². The molecule has 0 atom stereocenters. The molecule has 8 heteroatoms.